The van der Waals surface area contributed by atoms with Crippen LogP contribution < -0.4 is 5.32 Å². The fourth-order valence-corrected chi connectivity index (χ4v) is 2.51. The first-order valence-electron chi connectivity index (χ1n) is 7.55. The van der Waals surface area contributed by atoms with Crippen LogP contribution in [-0.2, 0) is 9.53 Å². The summed E-state index contributed by atoms with van der Waals surface area (Å²) in [5.41, 5.74) is 2.00. The van der Waals surface area contributed by atoms with Crippen molar-refractivity contribution in [1.29, 1.82) is 0 Å². The van der Waals surface area contributed by atoms with Crippen molar-refractivity contribution in [2.45, 2.75) is 32.7 Å². The molecule has 2 aromatic heterocycles. The second-order valence-corrected chi connectivity index (χ2v) is 5.29. The number of carbonyl (C=O) groups excluding carboxylic acids is 1. The molecule has 1 aliphatic heterocycles. The minimum absolute atomic E-state index is 0.363. The molecule has 0 saturated heterocycles. The minimum Gasteiger partial charge on any atom is -0.462 e. The first-order chi connectivity index (χ1) is 11.2. The van der Waals surface area contributed by atoms with Gasteiger partial charge in [-0.15, -0.1) is 0 Å². The van der Waals surface area contributed by atoms with E-state index in [0.29, 0.717) is 23.8 Å². The quantitative estimate of drug-likeness (QED) is 0.663. The van der Waals surface area contributed by atoms with E-state index in [1.807, 2.05) is 26.0 Å². The molecule has 8 heteroatoms. The molecule has 2 aromatic rings. The van der Waals surface area contributed by atoms with Gasteiger partial charge in [-0.3, -0.25) is 4.98 Å². The number of esters is 1. The molecule has 0 fully saturated rings. The number of anilines is 1. The van der Waals surface area contributed by atoms with E-state index in [0.717, 1.165) is 18.4 Å². The third-order valence-corrected chi connectivity index (χ3v) is 3.67. The molecule has 1 aliphatic rings. The SMILES string of the molecule is CCCCOC(=O)C1=C(C)Nc2nnnn2[C@@H]1c1cccnc1. The number of hydrogen-bond donors (Lipinski definition) is 1. The Morgan fingerprint density at radius 3 is 3.09 bits per heavy atom. The highest BCUT2D eigenvalue weighted by Crippen LogP contribution is 2.34. The number of rotatable bonds is 5. The first kappa shape index (κ1) is 15.1. The third kappa shape index (κ3) is 2.92. The number of nitrogens with one attached hydrogen (secondary N) is 1. The van der Waals surface area contributed by atoms with Crippen molar-refractivity contribution in [3.8, 4) is 0 Å². The number of tetrazole rings is 1. The molecule has 120 valence electrons. The minimum atomic E-state index is -0.455. The van der Waals surface area contributed by atoms with Crippen LogP contribution in [-0.4, -0.2) is 37.8 Å². The van der Waals surface area contributed by atoms with Gasteiger partial charge < -0.3 is 10.1 Å². The summed E-state index contributed by atoms with van der Waals surface area (Å²) in [6.07, 6.45) is 5.18. The van der Waals surface area contributed by atoms with Gasteiger partial charge in [-0.1, -0.05) is 24.5 Å². The lowest BCUT2D eigenvalue weighted by atomic mass is 9.97. The highest BCUT2D eigenvalue weighted by molar-refractivity contribution is 5.92. The zero-order valence-electron chi connectivity index (χ0n) is 13.1. The van der Waals surface area contributed by atoms with E-state index in [9.17, 15) is 4.79 Å². The second kappa shape index (κ2) is 6.55. The van der Waals surface area contributed by atoms with Crippen LogP contribution in [0.2, 0.25) is 0 Å². The average Bonchev–Trinajstić information content (AvgIpc) is 3.02. The van der Waals surface area contributed by atoms with Gasteiger partial charge in [-0.05, 0) is 35.4 Å². The third-order valence-electron chi connectivity index (χ3n) is 3.67. The molecule has 3 heterocycles. The molecule has 23 heavy (non-hydrogen) atoms. The van der Waals surface area contributed by atoms with E-state index in [1.54, 1.807) is 17.1 Å². The summed E-state index contributed by atoms with van der Waals surface area (Å²) in [6, 6.07) is 3.25. The molecule has 3 rings (SSSR count). The maximum atomic E-state index is 12.6. The van der Waals surface area contributed by atoms with Gasteiger partial charge in [0.05, 0.1) is 12.2 Å². The maximum Gasteiger partial charge on any atom is 0.338 e. The van der Waals surface area contributed by atoms with Crippen molar-refractivity contribution < 1.29 is 9.53 Å². The van der Waals surface area contributed by atoms with Gasteiger partial charge in [0.2, 0.25) is 5.95 Å². The van der Waals surface area contributed by atoms with Gasteiger partial charge >= 0.3 is 5.97 Å². The predicted molar refractivity (Wildman–Crippen MR) is 82.4 cm³/mol. The van der Waals surface area contributed by atoms with Gasteiger partial charge in [-0.25, -0.2) is 4.79 Å². The monoisotopic (exact) mass is 314 g/mol. The largest absolute Gasteiger partial charge is 0.462 e. The summed E-state index contributed by atoms with van der Waals surface area (Å²) < 4.78 is 6.97. The zero-order chi connectivity index (χ0) is 16.2. The van der Waals surface area contributed by atoms with Crippen LogP contribution in [0.4, 0.5) is 5.95 Å². The standard InChI is InChI=1S/C15H18N6O2/c1-3-4-8-23-14(22)12-10(2)17-15-18-19-20-21(15)13(12)11-6-5-7-16-9-11/h5-7,9,13H,3-4,8H2,1-2H3,(H,17,18,20)/t13-/m1/s1. The molecule has 0 unspecified atom stereocenters. The van der Waals surface area contributed by atoms with E-state index >= 15 is 0 Å². The fourth-order valence-electron chi connectivity index (χ4n) is 2.51. The number of nitrogens with zero attached hydrogens (tertiary/aromatic N) is 5. The number of allylic oxidation sites excluding steroid dienone is 1. The Morgan fingerprint density at radius 2 is 2.35 bits per heavy atom. The molecule has 0 amide bonds. The molecule has 0 saturated carbocycles. The lowest BCUT2D eigenvalue weighted by Gasteiger charge is -2.27. The fraction of sp³-hybridized carbons (Fsp3) is 0.400. The highest BCUT2D eigenvalue weighted by Gasteiger charge is 2.34. The van der Waals surface area contributed by atoms with E-state index in [2.05, 4.69) is 25.8 Å². The smallest absolute Gasteiger partial charge is 0.338 e. The number of pyridine rings is 1. The Kier molecular flexibility index (Phi) is 4.31. The summed E-state index contributed by atoms with van der Waals surface area (Å²) in [5.74, 6) is 0.125. The van der Waals surface area contributed by atoms with E-state index < -0.39 is 6.04 Å². The normalized spacial score (nSPS) is 16.7. The first-order valence-corrected chi connectivity index (χ1v) is 7.55. The van der Waals surface area contributed by atoms with Crippen molar-refractivity contribution in [3.63, 3.8) is 0 Å². The van der Waals surface area contributed by atoms with Gasteiger partial charge in [0.25, 0.3) is 0 Å². The Labute approximate surface area is 133 Å². The van der Waals surface area contributed by atoms with Crippen LogP contribution in [0.5, 0.6) is 0 Å². The van der Waals surface area contributed by atoms with Crippen LogP contribution in [0.25, 0.3) is 0 Å². The zero-order valence-corrected chi connectivity index (χ0v) is 13.1. The average molecular weight is 314 g/mol. The lowest BCUT2D eigenvalue weighted by Crippen LogP contribution is -2.29. The summed E-state index contributed by atoms with van der Waals surface area (Å²) in [7, 11) is 0. The molecule has 0 bridgehead atoms. The molecule has 8 nitrogen and oxygen atoms in total. The van der Waals surface area contributed by atoms with Crippen LogP contribution in [0, 0.1) is 0 Å². The molecular formula is C15H18N6O2. The van der Waals surface area contributed by atoms with Crippen LogP contribution >= 0.6 is 0 Å². The van der Waals surface area contributed by atoms with E-state index in [-0.39, 0.29) is 5.97 Å². The second-order valence-electron chi connectivity index (χ2n) is 5.29. The van der Waals surface area contributed by atoms with Crippen molar-refractivity contribution in [2.75, 3.05) is 11.9 Å². The predicted octanol–water partition coefficient (Wildman–Crippen LogP) is 1.70. The van der Waals surface area contributed by atoms with Crippen LogP contribution in [0.1, 0.15) is 38.3 Å². The molecule has 0 aromatic carbocycles. The van der Waals surface area contributed by atoms with Crippen LogP contribution in [0.15, 0.2) is 35.8 Å². The van der Waals surface area contributed by atoms with Gasteiger partial charge in [-0.2, -0.15) is 4.68 Å². The molecule has 1 N–H and O–H groups in total. The molecular weight excluding hydrogens is 296 g/mol. The lowest BCUT2D eigenvalue weighted by molar-refractivity contribution is -0.139. The molecule has 0 spiro atoms. The molecule has 0 radical (unpaired) electrons. The Hall–Kier alpha value is -2.77. The summed E-state index contributed by atoms with van der Waals surface area (Å²) in [4.78, 5) is 16.7. The summed E-state index contributed by atoms with van der Waals surface area (Å²) in [6.45, 7) is 4.26. The van der Waals surface area contributed by atoms with E-state index in [1.165, 1.54) is 0 Å². The number of fused-ring (bicyclic) bond motifs is 1. The maximum absolute atomic E-state index is 12.6. The van der Waals surface area contributed by atoms with Gasteiger partial charge in [0.15, 0.2) is 0 Å². The topological polar surface area (TPSA) is 94.8 Å². The summed E-state index contributed by atoms with van der Waals surface area (Å²) in [5, 5.41) is 14.7. The highest BCUT2D eigenvalue weighted by atomic mass is 16.5. The Balaban J connectivity index is 1.99. The van der Waals surface area contributed by atoms with Crippen molar-refractivity contribution >= 4 is 11.9 Å². The molecule has 0 aliphatic carbocycles. The number of hydrogen-bond acceptors (Lipinski definition) is 7. The molecule has 1 atom stereocenters. The number of unbranched alkanes of at least 4 members (excludes halogenated alkanes) is 1. The number of ether oxygens (including phenoxy) is 1. The van der Waals surface area contributed by atoms with Crippen molar-refractivity contribution in [1.82, 2.24) is 25.2 Å². The number of carbonyl (C=O) groups is 1. The van der Waals surface area contributed by atoms with Crippen LogP contribution in [0.3, 0.4) is 0 Å². The number of aromatic nitrogens is 5. The van der Waals surface area contributed by atoms with Crippen molar-refractivity contribution in [2.24, 2.45) is 0 Å². The Bertz CT molecular complexity index is 725. The Morgan fingerprint density at radius 1 is 1.48 bits per heavy atom. The van der Waals surface area contributed by atoms with E-state index in [4.69, 9.17) is 4.74 Å². The summed E-state index contributed by atoms with van der Waals surface area (Å²) >= 11 is 0. The van der Waals surface area contributed by atoms with Gasteiger partial charge in [0.1, 0.15) is 6.04 Å². The van der Waals surface area contributed by atoms with Gasteiger partial charge in [0, 0.05) is 18.1 Å². The van der Waals surface area contributed by atoms with Crippen molar-refractivity contribution in [3.05, 3.63) is 41.4 Å².